The first-order valence-corrected chi connectivity index (χ1v) is 22.8. The number of ether oxygens (including phenoxy) is 2. The SMILES string of the molecule is C=CCc1ccccc1[C@@H](C)C(=O)OC.C=CCc1ccccc1[C@@H](C)CO.COC(=O)[C@H](C)c1ccccc1I.C[C@@H](C(=O)O)c1ccccc1.C[C@@H](C(=O)O)c1ccccc1I. The Balaban J connectivity index is 0.000000401. The Morgan fingerprint density at radius 3 is 1.25 bits per heavy atom. The van der Waals surface area contributed by atoms with Crippen molar-refractivity contribution in [2.24, 2.45) is 0 Å². The van der Waals surface area contributed by atoms with Crippen molar-refractivity contribution in [3.8, 4) is 0 Å². The molecule has 5 atom stereocenters. The molecule has 0 heterocycles. The van der Waals surface area contributed by atoms with E-state index in [-0.39, 0.29) is 36.3 Å². The van der Waals surface area contributed by atoms with Gasteiger partial charge in [-0.3, -0.25) is 19.2 Å². The lowest BCUT2D eigenvalue weighted by atomic mass is 9.94. The minimum Gasteiger partial charge on any atom is -0.481 e. The first-order valence-electron chi connectivity index (χ1n) is 20.6. The minimum atomic E-state index is -0.781. The molecule has 0 aliphatic carbocycles. The zero-order valence-electron chi connectivity index (χ0n) is 37.7. The lowest BCUT2D eigenvalue weighted by Gasteiger charge is -2.13. The number of carbonyl (C=O) groups excluding carboxylic acids is 2. The second-order valence-corrected chi connectivity index (χ2v) is 16.9. The van der Waals surface area contributed by atoms with Crippen molar-refractivity contribution in [1.82, 2.24) is 0 Å². The number of carbonyl (C=O) groups is 4. The molecule has 0 saturated heterocycles. The average Bonchev–Trinajstić information content (AvgIpc) is 3.31. The number of hydrogen-bond acceptors (Lipinski definition) is 7. The fourth-order valence-electron chi connectivity index (χ4n) is 6.03. The van der Waals surface area contributed by atoms with Gasteiger partial charge in [0, 0.05) is 19.7 Å². The molecule has 0 aliphatic rings. The van der Waals surface area contributed by atoms with Gasteiger partial charge in [-0.1, -0.05) is 134 Å². The molecule has 11 heteroatoms. The summed E-state index contributed by atoms with van der Waals surface area (Å²) in [4.78, 5) is 43.8. The molecule has 0 fully saturated rings. The van der Waals surface area contributed by atoms with Gasteiger partial charge in [0.15, 0.2) is 0 Å². The van der Waals surface area contributed by atoms with Gasteiger partial charge >= 0.3 is 23.9 Å². The highest BCUT2D eigenvalue weighted by atomic mass is 127. The Morgan fingerprint density at radius 2 is 0.859 bits per heavy atom. The quantitative estimate of drug-likeness (QED) is 0.0562. The zero-order chi connectivity index (χ0) is 48.2. The predicted octanol–water partition coefficient (Wildman–Crippen LogP) is 12.1. The van der Waals surface area contributed by atoms with E-state index in [9.17, 15) is 19.2 Å². The van der Waals surface area contributed by atoms with Crippen LogP contribution in [0, 0.1) is 7.14 Å². The van der Waals surface area contributed by atoms with Crippen LogP contribution in [0.15, 0.2) is 153 Å². The first-order chi connectivity index (χ1) is 30.5. The zero-order valence-corrected chi connectivity index (χ0v) is 42.1. The Hall–Kier alpha value is -5.12. The summed E-state index contributed by atoms with van der Waals surface area (Å²) in [6.45, 7) is 16.7. The van der Waals surface area contributed by atoms with Gasteiger partial charge < -0.3 is 24.8 Å². The van der Waals surface area contributed by atoms with E-state index in [4.69, 9.17) is 20.1 Å². The Bertz CT molecular complexity index is 2210. The van der Waals surface area contributed by atoms with Crippen LogP contribution >= 0.6 is 45.2 Å². The van der Waals surface area contributed by atoms with Gasteiger partial charge in [-0.05, 0) is 137 Å². The van der Waals surface area contributed by atoms with Crippen LogP contribution in [-0.2, 0) is 41.5 Å². The minimum absolute atomic E-state index is 0.182. The molecule has 0 amide bonds. The fourth-order valence-corrected chi connectivity index (χ4v) is 7.74. The smallest absolute Gasteiger partial charge is 0.312 e. The second-order valence-electron chi connectivity index (χ2n) is 14.5. The molecule has 5 rings (SSSR count). The van der Waals surface area contributed by atoms with Gasteiger partial charge in [0.1, 0.15) is 0 Å². The molecule has 0 radical (unpaired) electrons. The molecule has 342 valence electrons. The van der Waals surface area contributed by atoms with E-state index in [0.29, 0.717) is 0 Å². The van der Waals surface area contributed by atoms with Crippen LogP contribution in [0.1, 0.15) is 103 Å². The van der Waals surface area contributed by atoms with Crippen LogP contribution < -0.4 is 0 Å². The van der Waals surface area contributed by atoms with Gasteiger partial charge in [-0.2, -0.15) is 0 Å². The van der Waals surface area contributed by atoms with Crippen molar-refractivity contribution >= 4 is 69.1 Å². The number of aliphatic hydroxyl groups excluding tert-OH is 1. The molecule has 64 heavy (non-hydrogen) atoms. The highest BCUT2D eigenvalue weighted by Gasteiger charge is 2.19. The van der Waals surface area contributed by atoms with Gasteiger partial charge in [0.25, 0.3) is 0 Å². The lowest BCUT2D eigenvalue weighted by molar-refractivity contribution is -0.142. The molecule has 5 aromatic rings. The fraction of sp³-hybridized carbons (Fsp3) is 0.283. The van der Waals surface area contributed by atoms with Crippen molar-refractivity contribution in [1.29, 1.82) is 0 Å². The molecule has 9 nitrogen and oxygen atoms in total. The van der Waals surface area contributed by atoms with E-state index < -0.39 is 23.8 Å². The van der Waals surface area contributed by atoms with Crippen LogP contribution in [0.2, 0.25) is 0 Å². The summed E-state index contributed by atoms with van der Waals surface area (Å²) in [5.41, 5.74) is 7.39. The van der Waals surface area contributed by atoms with E-state index in [2.05, 4.69) is 75.2 Å². The van der Waals surface area contributed by atoms with Crippen molar-refractivity contribution < 1.29 is 44.0 Å². The maximum absolute atomic E-state index is 11.4. The number of carboxylic acids is 2. The molecule has 0 saturated carbocycles. The number of allylic oxidation sites excluding steroid dienone is 2. The Kier molecular flexibility index (Phi) is 28.2. The summed E-state index contributed by atoms with van der Waals surface area (Å²) < 4.78 is 11.5. The highest BCUT2D eigenvalue weighted by Crippen LogP contribution is 2.24. The largest absolute Gasteiger partial charge is 0.481 e. The number of halogens is 2. The number of aliphatic hydroxyl groups is 1. The summed E-state index contributed by atoms with van der Waals surface area (Å²) in [5.74, 6) is -2.96. The molecular formula is C53H62I2O9. The van der Waals surface area contributed by atoms with Crippen LogP contribution in [0.3, 0.4) is 0 Å². The lowest BCUT2D eigenvalue weighted by Crippen LogP contribution is -2.12. The van der Waals surface area contributed by atoms with E-state index in [1.54, 1.807) is 13.8 Å². The normalized spacial score (nSPS) is 12.3. The monoisotopic (exact) mass is 1100 g/mol. The van der Waals surface area contributed by atoms with Gasteiger partial charge in [0.2, 0.25) is 0 Å². The summed E-state index contributed by atoms with van der Waals surface area (Å²) in [6.07, 6.45) is 5.38. The molecule has 5 aromatic carbocycles. The molecule has 0 aliphatic heterocycles. The summed E-state index contributed by atoms with van der Waals surface area (Å²) >= 11 is 4.36. The van der Waals surface area contributed by atoms with Gasteiger partial charge in [0.05, 0.1) is 37.9 Å². The summed E-state index contributed by atoms with van der Waals surface area (Å²) in [5, 5.41) is 26.4. The van der Waals surface area contributed by atoms with Gasteiger partial charge in [-0.15, -0.1) is 13.2 Å². The van der Waals surface area contributed by atoms with Crippen molar-refractivity contribution in [3.05, 3.63) is 199 Å². The summed E-state index contributed by atoms with van der Waals surface area (Å²) in [7, 11) is 2.82. The van der Waals surface area contributed by atoms with E-state index in [0.717, 1.165) is 47.8 Å². The number of hydrogen-bond donors (Lipinski definition) is 3. The summed E-state index contributed by atoms with van der Waals surface area (Å²) in [6, 6.07) is 40.6. The van der Waals surface area contributed by atoms with Crippen LogP contribution in [0.25, 0.3) is 0 Å². The molecule has 3 N–H and O–H groups in total. The molecule has 0 spiro atoms. The number of methoxy groups -OCH3 is 2. The topological polar surface area (TPSA) is 147 Å². The van der Waals surface area contributed by atoms with Crippen LogP contribution in [-0.4, -0.2) is 60.0 Å². The third-order valence-electron chi connectivity index (χ3n) is 10.0. The number of benzene rings is 5. The second kappa shape index (κ2) is 31.7. The van der Waals surface area contributed by atoms with Crippen LogP contribution in [0.5, 0.6) is 0 Å². The maximum Gasteiger partial charge on any atom is 0.312 e. The highest BCUT2D eigenvalue weighted by molar-refractivity contribution is 14.1. The molecule has 0 bridgehead atoms. The van der Waals surface area contributed by atoms with Crippen LogP contribution in [0.4, 0.5) is 0 Å². The number of carboxylic acid groups (broad SMARTS) is 2. The predicted molar refractivity (Wildman–Crippen MR) is 274 cm³/mol. The van der Waals surface area contributed by atoms with E-state index in [1.807, 2.05) is 148 Å². The average molecular weight is 1100 g/mol. The third kappa shape index (κ3) is 19.7. The first kappa shape index (κ1) is 56.9. The maximum atomic E-state index is 11.4. The van der Waals surface area contributed by atoms with E-state index >= 15 is 0 Å². The van der Waals surface area contributed by atoms with Gasteiger partial charge in [-0.25, -0.2) is 0 Å². The van der Waals surface area contributed by atoms with Crippen molar-refractivity contribution in [3.63, 3.8) is 0 Å². The Morgan fingerprint density at radius 1 is 0.516 bits per heavy atom. The number of esters is 2. The molecule has 0 aromatic heterocycles. The standard InChI is InChI=1S/C13H16O2.C12H16O.C10H11IO2.C9H9IO2.C9H10O2/c1-4-7-11-8-5-6-9-12(11)10(2)13(14)15-3;1-3-6-11-7-4-5-8-12(11)10(2)9-13;1-7(10(12)13-2)8-5-3-4-6-9(8)11;1-6(9(11)12)7-4-2-3-5-8(7)10;1-7(9(10)11)8-5-3-2-4-6-8/h4-6,8-10H,1,7H2,2-3H3;3-5,7-8,10,13H,1,6,9H2,2H3;3-7H,1-2H3;2-6H,1H3,(H,11,12);2-7H,1H3,(H,10,11)/t2*10-;7-;6-;7-/m10111/s1. The molecule has 0 unspecified atom stereocenters. The number of aliphatic carboxylic acids is 2. The molecular weight excluding hydrogens is 1030 g/mol. The van der Waals surface area contributed by atoms with E-state index in [1.165, 1.54) is 25.3 Å². The Labute approximate surface area is 406 Å². The van der Waals surface area contributed by atoms with Crippen molar-refractivity contribution in [2.75, 3.05) is 20.8 Å². The van der Waals surface area contributed by atoms with Crippen molar-refractivity contribution in [2.45, 2.75) is 77.0 Å². The number of rotatable bonds is 14. The third-order valence-corrected chi connectivity index (χ3v) is 12.0.